The molecule has 0 fully saturated rings. The molecule has 2 heterocycles. The van der Waals surface area contributed by atoms with E-state index in [-0.39, 0.29) is 5.54 Å². The van der Waals surface area contributed by atoms with Gasteiger partial charge >= 0.3 is 0 Å². The first-order valence-corrected chi connectivity index (χ1v) is 6.46. The van der Waals surface area contributed by atoms with E-state index in [2.05, 4.69) is 41.4 Å². The highest BCUT2D eigenvalue weighted by Crippen LogP contribution is 2.09. The second-order valence-corrected chi connectivity index (χ2v) is 5.83. The van der Waals surface area contributed by atoms with Crippen molar-refractivity contribution in [2.24, 2.45) is 0 Å². The molecule has 0 unspecified atom stereocenters. The van der Waals surface area contributed by atoms with E-state index >= 15 is 0 Å². The van der Waals surface area contributed by atoms with Crippen LogP contribution in [-0.4, -0.2) is 25.5 Å². The minimum atomic E-state index is 0.0794. The van der Waals surface area contributed by atoms with Crippen molar-refractivity contribution < 1.29 is 0 Å². The summed E-state index contributed by atoms with van der Waals surface area (Å²) in [6.07, 6.45) is 0. The van der Waals surface area contributed by atoms with Crippen molar-refractivity contribution >= 4 is 0 Å². The number of hydrogen-bond acceptors (Lipinski definition) is 4. The molecule has 2 rings (SSSR count). The Kier molecular flexibility index (Phi) is 3.66. The summed E-state index contributed by atoms with van der Waals surface area (Å²) in [6.45, 7) is 11.1. The lowest BCUT2D eigenvalue weighted by molar-refractivity contribution is 0.420. The summed E-state index contributed by atoms with van der Waals surface area (Å²) in [5.41, 5.74) is 3.06. The second kappa shape index (κ2) is 5.09. The molecular weight excluding hydrogens is 238 g/mol. The zero-order chi connectivity index (χ0) is 14.0. The summed E-state index contributed by atoms with van der Waals surface area (Å²) < 4.78 is 1.81. The molecule has 2 aromatic rings. The maximum Gasteiger partial charge on any atom is 0.175 e. The summed E-state index contributed by atoms with van der Waals surface area (Å²) in [5, 5.41) is 16.3. The normalized spacial score (nSPS) is 11.8. The molecule has 0 aliphatic rings. The Bertz CT molecular complexity index is 548. The zero-order valence-corrected chi connectivity index (χ0v) is 12.2. The van der Waals surface area contributed by atoms with Crippen LogP contribution in [0.1, 0.15) is 37.9 Å². The van der Waals surface area contributed by atoms with Gasteiger partial charge in [0.2, 0.25) is 0 Å². The van der Waals surface area contributed by atoms with Crippen LogP contribution in [0.5, 0.6) is 0 Å². The van der Waals surface area contributed by atoms with Gasteiger partial charge in [-0.1, -0.05) is 0 Å². The summed E-state index contributed by atoms with van der Waals surface area (Å²) in [4.78, 5) is 0. The van der Waals surface area contributed by atoms with E-state index in [4.69, 9.17) is 0 Å². The topological polar surface area (TPSA) is 55.6 Å². The predicted octanol–water partition coefficient (Wildman–Crippen LogP) is 2.17. The van der Waals surface area contributed by atoms with E-state index in [9.17, 15) is 0 Å². The Labute approximate surface area is 114 Å². The predicted molar refractivity (Wildman–Crippen MR) is 75.2 cm³/mol. The molecule has 0 radical (unpaired) electrons. The molecule has 0 saturated heterocycles. The van der Waals surface area contributed by atoms with Crippen LogP contribution in [-0.2, 0) is 6.54 Å². The van der Waals surface area contributed by atoms with Gasteiger partial charge in [0.15, 0.2) is 5.82 Å². The molecule has 0 saturated carbocycles. The molecule has 102 valence electrons. The molecule has 2 aromatic heterocycles. The van der Waals surface area contributed by atoms with Gasteiger partial charge in [0.1, 0.15) is 0 Å². The van der Waals surface area contributed by atoms with Crippen molar-refractivity contribution in [2.75, 3.05) is 0 Å². The highest BCUT2D eigenvalue weighted by atomic mass is 15.3. The second-order valence-electron chi connectivity index (χ2n) is 5.83. The summed E-state index contributed by atoms with van der Waals surface area (Å²) in [7, 11) is 0. The first-order chi connectivity index (χ1) is 8.85. The average Bonchev–Trinajstić information content (AvgIpc) is 2.66. The highest BCUT2D eigenvalue weighted by molar-refractivity contribution is 5.25. The minimum absolute atomic E-state index is 0.0794. The van der Waals surface area contributed by atoms with Crippen LogP contribution in [0.2, 0.25) is 0 Å². The highest BCUT2D eigenvalue weighted by Gasteiger charge is 2.10. The Balaban J connectivity index is 2.12. The Morgan fingerprint density at radius 1 is 1.16 bits per heavy atom. The maximum absolute atomic E-state index is 4.39. The summed E-state index contributed by atoms with van der Waals surface area (Å²) in [6, 6.07) is 5.96. The van der Waals surface area contributed by atoms with Crippen molar-refractivity contribution in [1.82, 2.24) is 25.3 Å². The van der Waals surface area contributed by atoms with Crippen LogP contribution >= 0.6 is 0 Å². The van der Waals surface area contributed by atoms with E-state index < -0.39 is 0 Å². The van der Waals surface area contributed by atoms with Gasteiger partial charge in [0.05, 0.1) is 11.4 Å². The van der Waals surface area contributed by atoms with Crippen LogP contribution in [0.15, 0.2) is 18.2 Å². The van der Waals surface area contributed by atoms with Crippen LogP contribution in [0.25, 0.3) is 5.82 Å². The monoisotopic (exact) mass is 259 g/mol. The molecule has 5 nitrogen and oxygen atoms in total. The fraction of sp³-hybridized carbons (Fsp3) is 0.500. The summed E-state index contributed by atoms with van der Waals surface area (Å²) in [5.74, 6) is 0.755. The minimum Gasteiger partial charge on any atom is -0.306 e. The third kappa shape index (κ3) is 3.61. The molecule has 0 aliphatic carbocycles. The third-order valence-electron chi connectivity index (χ3n) is 2.73. The van der Waals surface area contributed by atoms with Crippen LogP contribution in [0.4, 0.5) is 0 Å². The van der Waals surface area contributed by atoms with E-state index in [1.54, 1.807) is 0 Å². The lowest BCUT2D eigenvalue weighted by Gasteiger charge is -2.19. The first-order valence-electron chi connectivity index (χ1n) is 6.46. The molecular formula is C14H21N5. The third-order valence-corrected chi connectivity index (χ3v) is 2.73. The molecule has 0 amide bonds. The molecule has 5 heteroatoms. The lowest BCUT2D eigenvalue weighted by atomic mass is 10.1. The molecule has 0 bridgehead atoms. The standard InChI is InChI=1S/C14H21N5/c1-10-8-11(2)19(18-10)13-7-6-12(16-17-13)9-15-14(3,4)5/h6-8,15H,9H2,1-5H3. The van der Waals surface area contributed by atoms with Gasteiger partial charge in [-0.3, -0.25) is 0 Å². The number of aromatic nitrogens is 4. The summed E-state index contributed by atoms with van der Waals surface area (Å²) >= 11 is 0. The Hall–Kier alpha value is -1.75. The average molecular weight is 259 g/mol. The van der Waals surface area contributed by atoms with E-state index in [1.165, 1.54) is 0 Å². The van der Waals surface area contributed by atoms with Gasteiger partial charge in [-0.2, -0.15) is 10.2 Å². The van der Waals surface area contributed by atoms with Crippen molar-refractivity contribution in [3.63, 3.8) is 0 Å². The Morgan fingerprint density at radius 2 is 1.89 bits per heavy atom. The lowest BCUT2D eigenvalue weighted by Crippen LogP contribution is -2.35. The van der Waals surface area contributed by atoms with Crippen LogP contribution in [0.3, 0.4) is 0 Å². The number of aryl methyl sites for hydroxylation is 2. The molecule has 1 N–H and O–H groups in total. The van der Waals surface area contributed by atoms with Gasteiger partial charge in [0, 0.05) is 17.8 Å². The van der Waals surface area contributed by atoms with E-state index in [0.29, 0.717) is 6.54 Å². The van der Waals surface area contributed by atoms with Gasteiger partial charge in [-0.05, 0) is 52.8 Å². The maximum atomic E-state index is 4.39. The number of nitrogens with one attached hydrogen (secondary N) is 1. The van der Waals surface area contributed by atoms with Gasteiger partial charge in [-0.25, -0.2) is 4.68 Å². The quantitative estimate of drug-likeness (QED) is 0.917. The van der Waals surface area contributed by atoms with Crippen LogP contribution in [0, 0.1) is 13.8 Å². The molecule has 0 atom stereocenters. The molecule has 0 aromatic carbocycles. The molecule has 19 heavy (non-hydrogen) atoms. The van der Waals surface area contributed by atoms with Gasteiger partial charge < -0.3 is 5.32 Å². The van der Waals surface area contributed by atoms with Crippen molar-refractivity contribution in [1.29, 1.82) is 0 Å². The SMILES string of the molecule is Cc1cc(C)n(-c2ccc(CNC(C)(C)C)nn2)n1. The number of nitrogens with zero attached hydrogens (tertiary/aromatic N) is 4. The van der Waals surface area contributed by atoms with Crippen LogP contribution < -0.4 is 5.32 Å². The van der Waals surface area contributed by atoms with Crippen molar-refractivity contribution in [3.8, 4) is 5.82 Å². The molecule has 0 spiro atoms. The number of hydrogen-bond donors (Lipinski definition) is 1. The van der Waals surface area contributed by atoms with Gasteiger partial charge in [0.25, 0.3) is 0 Å². The smallest absolute Gasteiger partial charge is 0.175 e. The number of rotatable bonds is 3. The fourth-order valence-corrected chi connectivity index (χ4v) is 1.78. The largest absolute Gasteiger partial charge is 0.306 e. The zero-order valence-electron chi connectivity index (χ0n) is 12.2. The Morgan fingerprint density at radius 3 is 2.37 bits per heavy atom. The van der Waals surface area contributed by atoms with E-state index in [1.807, 2.05) is 36.7 Å². The van der Waals surface area contributed by atoms with E-state index in [0.717, 1.165) is 22.9 Å². The van der Waals surface area contributed by atoms with Gasteiger partial charge in [-0.15, -0.1) is 5.10 Å². The van der Waals surface area contributed by atoms with Crippen molar-refractivity contribution in [3.05, 3.63) is 35.3 Å². The fourth-order valence-electron chi connectivity index (χ4n) is 1.78. The molecule has 0 aliphatic heterocycles. The first kappa shape index (κ1) is 13.7. The van der Waals surface area contributed by atoms with Crippen molar-refractivity contribution in [2.45, 2.75) is 46.7 Å².